The van der Waals surface area contributed by atoms with Gasteiger partial charge < -0.3 is 30.1 Å². The summed E-state index contributed by atoms with van der Waals surface area (Å²) in [5, 5.41) is 19.9. The number of hydrogen-bond acceptors (Lipinski definition) is 8. The van der Waals surface area contributed by atoms with Gasteiger partial charge in [-0.25, -0.2) is 4.98 Å². The number of aliphatic hydroxyl groups is 1. The lowest BCUT2D eigenvalue weighted by atomic mass is 10.00. The van der Waals surface area contributed by atoms with Crippen LogP contribution in [0.3, 0.4) is 0 Å². The van der Waals surface area contributed by atoms with Crippen LogP contribution in [0.25, 0.3) is 0 Å². The molecule has 3 heterocycles. The molecule has 4 rings (SSSR count). The molecule has 0 saturated carbocycles. The number of carbonyl (C=O) groups is 1. The van der Waals surface area contributed by atoms with E-state index in [1.165, 1.54) is 24.2 Å². The van der Waals surface area contributed by atoms with Crippen molar-refractivity contribution < 1.29 is 22.2 Å². The van der Waals surface area contributed by atoms with Gasteiger partial charge >= 0.3 is 0 Å². The number of benzene rings is 1. The van der Waals surface area contributed by atoms with Crippen LogP contribution in [0.5, 0.6) is 11.5 Å². The third-order valence-electron chi connectivity index (χ3n) is 5.89. The van der Waals surface area contributed by atoms with E-state index in [0.717, 1.165) is 30.9 Å². The summed E-state index contributed by atoms with van der Waals surface area (Å²) in [6, 6.07) is 5.39. The van der Waals surface area contributed by atoms with Crippen molar-refractivity contribution in [3.05, 3.63) is 47.6 Å². The summed E-state index contributed by atoms with van der Waals surface area (Å²) >= 11 is 1.40. The number of nitrogens with zero attached hydrogens (tertiary/aromatic N) is 2. The van der Waals surface area contributed by atoms with Crippen LogP contribution in [-0.4, -0.2) is 59.8 Å². The molecule has 0 aliphatic carbocycles. The molecule has 0 unspecified atom stereocenters. The number of likely N-dealkylation sites (tertiary alicyclic amines) is 1. The van der Waals surface area contributed by atoms with Crippen LogP contribution in [0.15, 0.2) is 42.1 Å². The molecule has 2 aliphatic heterocycles. The lowest BCUT2D eigenvalue weighted by Crippen LogP contribution is -2.43. The zero-order valence-corrected chi connectivity index (χ0v) is 21.6. The fourth-order valence-corrected chi connectivity index (χ4v) is 4.75. The molecule has 1 saturated heterocycles. The second-order valence-electron chi connectivity index (χ2n) is 8.45. The van der Waals surface area contributed by atoms with Crippen molar-refractivity contribution in [2.24, 2.45) is 0 Å². The van der Waals surface area contributed by atoms with Gasteiger partial charge in [-0.2, -0.15) is 0 Å². The number of aromatic nitrogens is 1. The number of thiazole rings is 1. The molecule has 8 nitrogen and oxygen atoms in total. The van der Waals surface area contributed by atoms with Crippen LogP contribution in [-0.2, 0) is 4.79 Å². The van der Waals surface area contributed by atoms with Gasteiger partial charge in [-0.05, 0) is 56.5 Å². The van der Waals surface area contributed by atoms with Crippen LogP contribution in [0.4, 0.5) is 5.13 Å². The van der Waals surface area contributed by atoms with Crippen molar-refractivity contribution in [1.82, 2.24) is 15.2 Å². The third-order valence-corrected chi connectivity index (χ3v) is 6.58. The first-order valence-electron chi connectivity index (χ1n) is 12.5. The van der Waals surface area contributed by atoms with E-state index in [4.69, 9.17) is 9.47 Å². The molecule has 2 atom stereocenters. The SMILES string of the molecule is C=C(CCCC(=O)Nc1nccs1)N[C@H](CN1CCCC1)[C@H](O)c1ccc2c(c1)OCCO2.CC.[HH].[HH]. The van der Waals surface area contributed by atoms with E-state index >= 15 is 0 Å². The number of anilines is 1. The average Bonchev–Trinajstić information content (AvgIpc) is 3.59. The third kappa shape index (κ3) is 8.23. The Morgan fingerprint density at radius 2 is 1.97 bits per heavy atom. The minimum absolute atomic E-state index is 0. The predicted molar refractivity (Wildman–Crippen MR) is 144 cm³/mol. The smallest absolute Gasteiger partial charge is 0.226 e. The molecule has 1 aromatic heterocycles. The minimum Gasteiger partial charge on any atom is -0.486 e. The lowest BCUT2D eigenvalue weighted by molar-refractivity contribution is -0.116. The number of nitrogens with one attached hydrogen (secondary N) is 2. The monoisotopic (exact) mass is 506 g/mol. The van der Waals surface area contributed by atoms with Gasteiger partial charge in [0.15, 0.2) is 16.6 Å². The highest BCUT2D eigenvalue weighted by Crippen LogP contribution is 2.33. The Kier molecular flexibility index (Phi) is 10.8. The van der Waals surface area contributed by atoms with Crippen molar-refractivity contribution >= 4 is 22.4 Å². The standard InChI is InChI=1S/C24H32N4O4S.C2H6.2H2/c1-17(5-4-6-22(29)27-24-25-9-14-33-24)26-19(16-28-10-2-3-11-28)23(30)18-7-8-20-21(15-18)32-13-12-31-20;1-2;;/h7-9,14-15,19,23,26,30H,1-6,10-13,16H2,(H,25,27,29);1-2H3;2*1H/t19-,23-;;;/m1.../s1. The van der Waals surface area contributed by atoms with Crippen molar-refractivity contribution in [1.29, 1.82) is 0 Å². The molecule has 1 aromatic carbocycles. The Morgan fingerprint density at radius 1 is 1.23 bits per heavy atom. The Labute approximate surface area is 215 Å². The van der Waals surface area contributed by atoms with Crippen LogP contribution >= 0.6 is 11.3 Å². The van der Waals surface area contributed by atoms with Gasteiger partial charge in [0, 0.05) is 33.1 Å². The van der Waals surface area contributed by atoms with E-state index < -0.39 is 6.10 Å². The molecular weight excluding hydrogens is 464 g/mol. The fraction of sp³-hybridized carbons (Fsp3) is 0.538. The maximum Gasteiger partial charge on any atom is 0.226 e. The van der Waals surface area contributed by atoms with Gasteiger partial charge in [-0.3, -0.25) is 4.79 Å². The first kappa shape index (κ1) is 27.0. The summed E-state index contributed by atoms with van der Waals surface area (Å²) in [6.45, 7) is 12.0. The molecule has 0 bridgehead atoms. The van der Waals surface area contributed by atoms with Crippen molar-refractivity contribution in [2.75, 3.05) is 38.2 Å². The highest BCUT2D eigenvalue weighted by atomic mass is 32.1. The summed E-state index contributed by atoms with van der Waals surface area (Å²) < 4.78 is 11.3. The number of carbonyl (C=O) groups excluding carboxylic acids is 1. The van der Waals surface area contributed by atoms with E-state index in [1.807, 2.05) is 37.4 Å². The highest BCUT2D eigenvalue weighted by molar-refractivity contribution is 7.13. The summed E-state index contributed by atoms with van der Waals surface area (Å²) in [5.74, 6) is 1.33. The molecule has 0 radical (unpaired) electrons. The van der Waals surface area contributed by atoms with Gasteiger partial charge in [0.25, 0.3) is 0 Å². The number of rotatable bonds is 11. The summed E-state index contributed by atoms with van der Waals surface area (Å²) in [5.41, 5.74) is 1.60. The van der Waals surface area contributed by atoms with Crippen LogP contribution in [0.1, 0.15) is 60.5 Å². The number of allylic oxidation sites excluding steroid dienone is 1. The number of fused-ring (bicyclic) bond motifs is 1. The first-order valence-corrected chi connectivity index (χ1v) is 13.4. The van der Waals surface area contributed by atoms with Crippen LogP contribution in [0, 0.1) is 0 Å². The summed E-state index contributed by atoms with van der Waals surface area (Å²) in [4.78, 5) is 18.5. The maximum absolute atomic E-state index is 12.1. The normalized spacial score (nSPS) is 16.5. The molecule has 1 fully saturated rings. The van der Waals surface area contributed by atoms with Gasteiger partial charge in [0.1, 0.15) is 19.3 Å². The van der Waals surface area contributed by atoms with Crippen LogP contribution in [0.2, 0.25) is 0 Å². The molecule has 35 heavy (non-hydrogen) atoms. The van der Waals surface area contributed by atoms with Gasteiger partial charge in [0.2, 0.25) is 5.91 Å². The van der Waals surface area contributed by atoms with Gasteiger partial charge in [-0.1, -0.05) is 26.5 Å². The summed E-state index contributed by atoms with van der Waals surface area (Å²) in [6.07, 6.45) is 5.01. The molecule has 3 N–H and O–H groups in total. The highest BCUT2D eigenvalue weighted by Gasteiger charge is 2.26. The number of ether oxygens (including phenoxy) is 2. The largest absolute Gasteiger partial charge is 0.486 e. The van der Waals surface area contributed by atoms with Crippen molar-refractivity contribution in [3.63, 3.8) is 0 Å². The fourth-order valence-electron chi connectivity index (χ4n) is 4.21. The van der Waals surface area contributed by atoms with E-state index in [2.05, 4.69) is 27.1 Å². The molecule has 9 heteroatoms. The second kappa shape index (κ2) is 14.1. The molecule has 0 spiro atoms. The van der Waals surface area contributed by atoms with E-state index in [-0.39, 0.29) is 14.8 Å². The molecule has 2 aromatic rings. The van der Waals surface area contributed by atoms with Crippen molar-refractivity contribution in [3.8, 4) is 11.5 Å². The maximum atomic E-state index is 12.1. The number of amides is 1. The molecule has 196 valence electrons. The van der Waals surface area contributed by atoms with Gasteiger partial charge in [0.05, 0.1) is 6.04 Å². The minimum atomic E-state index is -0.730. The zero-order chi connectivity index (χ0) is 25.0. The number of aliphatic hydroxyl groups excluding tert-OH is 1. The van der Waals surface area contributed by atoms with E-state index in [9.17, 15) is 9.90 Å². The van der Waals surface area contributed by atoms with E-state index in [1.54, 1.807) is 6.20 Å². The first-order chi connectivity index (χ1) is 17.1. The number of hydrogen-bond donors (Lipinski definition) is 3. The average molecular weight is 507 g/mol. The summed E-state index contributed by atoms with van der Waals surface area (Å²) in [7, 11) is 0. The Hall–Kier alpha value is -2.62. The Balaban J connectivity index is 0.00000167. The van der Waals surface area contributed by atoms with E-state index in [0.29, 0.717) is 49.1 Å². The molecular formula is C26H42N4O4S. The Bertz CT molecular complexity index is 943. The topological polar surface area (TPSA) is 96.0 Å². The lowest BCUT2D eigenvalue weighted by Gasteiger charge is -2.31. The quantitative estimate of drug-likeness (QED) is 0.401. The predicted octanol–water partition coefficient (Wildman–Crippen LogP) is 4.84. The zero-order valence-electron chi connectivity index (χ0n) is 20.8. The van der Waals surface area contributed by atoms with Gasteiger partial charge in [-0.15, -0.1) is 11.3 Å². The van der Waals surface area contributed by atoms with Crippen molar-refractivity contribution in [2.45, 2.75) is 58.1 Å². The van der Waals surface area contributed by atoms with Crippen LogP contribution < -0.4 is 20.1 Å². The second-order valence-corrected chi connectivity index (χ2v) is 9.34. The Morgan fingerprint density at radius 3 is 2.69 bits per heavy atom. The molecule has 1 amide bonds. The molecule has 2 aliphatic rings.